The van der Waals surface area contributed by atoms with Gasteiger partial charge in [-0.3, -0.25) is 0 Å². The predicted octanol–water partition coefficient (Wildman–Crippen LogP) is 3.36. The third-order valence-corrected chi connectivity index (χ3v) is 4.89. The predicted molar refractivity (Wildman–Crippen MR) is 76.6 cm³/mol. The highest BCUT2D eigenvalue weighted by atomic mass is 16.3. The zero-order chi connectivity index (χ0) is 12.8. The fraction of sp³-hybridized carbons (Fsp3) is 0.875. The first-order valence-electron chi connectivity index (χ1n) is 7.80. The normalized spacial score (nSPS) is 33.1. The van der Waals surface area contributed by atoms with Crippen LogP contribution >= 0.6 is 0 Å². The second-order valence-electron chi connectivity index (χ2n) is 6.23. The Labute approximate surface area is 112 Å². The number of fused-ring (bicyclic) bond motifs is 1. The molecule has 1 heterocycles. The molecular formula is C16H29NO. The monoisotopic (exact) mass is 251 g/mol. The minimum atomic E-state index is -0.308. The minimum absolute atomic E-state index is 0.308. The van der Waals surface area contributed by atoms with E-state index in [1.54, 1.807) is 0 Å². The second kappa shape index (κ2) is 6.72. The van der Waals surface area contributed by atoms with Crippen LogP contribution in [0.15, 0.2) is 12.7 Å². The Morgan fingerprint density at radius 3 is 2.94 bits per heavy atom. The lowest BCUT2D eigenvalue weighted by Gasteiger charge is -2.47. The first-order valence-corrected chi connectivity index (χ1v) is 7.80. The molecule has 2 heteroatoms. The van der Waals surface area contributed by atoms with Gasteiger partial charge < -0.3 is 10.0 Å². The van der Waals surface area contributed by atoms with Crippen LogP contribution in [-0.2, 0) is 0 Å². The lowest BCUT2D eigenvalue weighted by atomic mass is 9.71. The van der Waals surface area contributed by atoms with Crippen molar-refractivity contribution in [2.24, 2.45) is 5.92 Å². The molecule has 2 nitrogen and oxygen atoms in total. The Bertz CT molecular complexity index is 266. The highest BCUT2D eigenvalue weighted by Gasteiger charge is 2.42. The number of aliphatic hydroxyl groups is 1. The molecule has 0 aromatic rings. The summed E-state index contributed by atoms with van der Waals surface area (Å²) in [5.41, 5.74) is -0.308. The highest BCUT2D eigenvalue weighted by Crippen LogP contribution is 2.39. The molecule has 0 radical (unpaired) electrons. The summed E-state index contributed by atoms with van der Waals surface area (Å²) in [7, 11) is 0. The summed E-state index contributed by atoms with van der Waals surface area (Å²) in [5, 5.41) is 10.6. The molecule has 1 N–H and O–H groups in total. The van der Waals surface area contributed by atoms with Gasteiger partial charge in [0.15, 0.2) is 0 Å². The van der Waals surface area contributed by atoms with Gasteiger partial charge in [-0.15, -0.1) is 6.58 Å². The van der Waals surface area contributed by atoms with Crippen LogP contribution in [0, 0.1) is 5.92 Å². The van der Waals surface area contributed by atoms with Crippen molar-refractivity contribution in [2.45, 2.75) is 63.4 Å². The van der Waals surface area contributed by atoms with Crippen molar-refractivity contribution in [3.8, 4) is 0 Å². The van der Waals surface area contributed by atoms with Gasteiger partial charge in [-0.2, -0.15) is 0 Å². The lowest BCUT2D eigenvalue weighted by molar-refractivity contribution is -0.0953. The average molecular weight is 251 g/mol. The molecule has 2 unspecified atom stereocenters. The largest absolute Gasteiger partial charge is 0.390 e. The van der Waals surface area contributed by atoms with Crippen molar-refractivity contribution >= 4 is 0 Å². The van der Waals surface area contributed by atoms with Gasteiger partial charge in [-0.05, 0) is 45.1 Å². The molecule has 2 atom stereocenters. The van der Waals surface area contributed by atoms with E-state index in [-0.39, 0.29) is 5.60 Å². The van der Waals surface area contributed by atoms with Gasteiger partial charge in [0.2, 0.25) is 0 Å². The molecule has 0 spiro atoms. The first-order chi connectivity index (χ1) is 8.74. The molecular weight excluding hydrogens is 222 g/mol. The minimum Gasteiger partial charge on any atom is -0.390 e. The summed E-state index contributed by atoms with van der Waals surface area (Å²) < 4.78 is 0. The Kier molecular flexibility index (Phi) is 5.25. The van der Waals surface area contributed by atoms with Crippen molar-refractivity contribution < 1.29 is 5.11 Å². The maximum Gasteiger partial charge on any atom is 0.0700 e. The summed E-state index contributed by atoms with van der Waals surface area (Å²) in [6.45, 7) is 7.23. The number of rotatable bonds is 6. The van der Waals surface area contributed by atoms with Gasteiger partial charge >= 0.3 is 0 Å². The first kappa shape index (κ1) is 14.1. The topological polar surface area (TPSA) is 23.5 Å². The van der Waals surface area contributed by atoms with E-state index in [0.717, 1.165) is 32.4 Å². The van der Waals surface area contributed by atoms with E-state index >= 15 is 0 Å². The van der Waals surface area contributed by atoms with Gasteiger partial charge in [0.1, 0.15) is 0 Å². The molecule has 0 aromatic heterocycles. The number of allylic oxidation sites excluding steroid dienone is 1. The third-order valence-electron chi connectivity index (χ3n) is 4.89. The summed E-state index contributed by atoms with van der Waals surface area (Å²) in [5.74, 6) is 0.549. The number of hydrogen-bond donors (Lipinski definition) is 1. The highest BCUT2D eigenvalue weighted by molar-refractivity contribution is 4.95. The lowest BCUT2D eigenvalue weighted by Crippen LogP contribution is -2.53. The summed E-state index contributed by atoms with van der Waals surface area (Å²) in [6.07, 6.45) is 12.9. The van der Waals surface area contributed by atoms with Gasteiger partial charge in [-0.25, -0.2) is 0 Å². The van der Waals surface area contributed by atoms with Gasteiger partial charge in [0, 0.05) is 19.0 Å². The van der Waals surface area contributed by atoms with Crippen LogP contribution in [0.5, 0.6) is 0 Å². The SMILES string of the molecule is C=CCCCCCN1CCC2(O)CCCCC2C1. The van der Waals surface area contributed by atoms with Crippen LogP contribution < -0.4 is 0 Å². The molecule has 0 aromatic carbocycles. The number of likely N-dealkylation sites (tertiary alicyclic amines) is 1. The summed E-state index contributed by atoms with van der Waals surface area (Å²) in [4.78, 5) is 2.58. The Hall–Kier alpha value is -0.340. The van der Waals surface area contributed by atoms with Gasteiger partial charge in [0.05, 0.1) is 5.60 Å². The van der Waals surface area contributed by atoms with Crippen LogP contribution in [0.3, 0.4) is 0 Å². The molecule has 0 bridgehead atoms. The van der Waals surface area contributed by atoms with Crippen LogP contribution in [-0.4, -0.2) is 35.2 Å². The Balaban J connectivity index is 1.68. The maximum absolute atomic E-state index is 10.6. The van der Waals surface area contributed by atoms with Gasteiger partial charge in [0.25, 0.3) is 0 Å². The maximum atomic E-state index is 10.6. The molecule has 1 aliphatic carbocycles. The van der Waals surface area contributed by atoms with E-state index in [0.29, 0.717) is 5.92 Å². The Morgan fingerprint density at radius 2 is 2.11 bits per heavy atom. The van der Waals surface area contributed by atoms with Crippen molar-refractivity contribution in [2.75, 3.05) is 19.6 Å². The standard InChI is InChI=1S/C16H29NO/c1-2-3-4-5-8-12-17-13-11-16(18)10-7-6-9-15(16)14-17/h2,15,18H,1,3-14H2. The van der Waals surface area contributed by atoms with E-state index in [2.05, 4.69) is 11.5 Å². The smallest absolute Gasteiger partial charge is 0.0700 e. The molecule has 1 saturated heterocycles. The molecule has 2 aliphatic rings. The van der Waals surface area contributed by atoms with Crippen molar-refractivity contribution in [1.82, 2.24) is 4.90 Å². The number of hydrogen-bond acceptors (Lipinski definition) is 2. The molecule has 2 fully saturated rings. The Morgan fingerprint density at radius 1 is 1.22 bits per heavy atom. The molecule has 1 aliphatic heterocycles. The molecule has 18 heavy (non-hydrogen) atoms. The molecule has 0 amide bonds. The summed E-state index contributed by atoms with van der Waals surface area (Å²) in [6, 6.07) is 0. The zero-order valence-electron chi connectivity index (χ0n) is 11.7. The fourth-order valence-electron chi connectivity index (χ4n) is 3.64. The van der Waals surface area contributed by atoms with Crippen LogP contribution in [0.2, 0.25) is 0 Å². The summed E-state index contributed by atoms with van der Waals surface area (Å²) >= 11 is 0. The van der Waals surface area contributed by atoms with Crippen molar-refractivity contribution in [3.63, 3.8) is 0 Å². The van der Waals surface area contributed by atoms with E-state index in [4.69, 9.17) is 0 Å². The van der Waals surface area contributed by atoms with Crippen LogP contribution in [0.4, 0.5) is 0 Å². The van der Waals surface area contributed by atoms with Crippen LogP contribution in [0.1, 0.15) is 57.8 Å². The third kappa shape index (κ3) is 3.58. The fourth-order valence-corrected chi connectivity index (χ4v) is 3.64. The van der Waals surface area contributed by atoms with Crippen molar-refractivity contribution in [3.05, 3.63) is 12.7 Å². The van der Waals surface area contributed by atoms with Crippen LogP contribution in [0.25, 0.3) is 0 Å². The van der Waals surface area contributed by atoms with E-state index in [9.17, 15) is 5.11 Å². The second-order valence-corrected chi connectivity index (χ2v) is 6.23. The van der Waals surface area contributed by atoms with E-state index in [1.807, 2.05) is 6.08 Å². The zero-order valence-corrected chi connectivity index (χ0v) is 11.7. The molecule has 2 rings (SSSR count). The number of piperidine rings is 1. The van der Waals surface area contributed by atoms with Gasteiger partial charge in [-0.1, -0.05) is 25.3 Å². The number of unbranched alkanes of at least 4 members (excludes halogenated alkanes) is 3. The van der Waals surface area contributed by atoms with E-state index < -0.39 is 0 Å². The van der Waals surface area contributed by atoms with Crippen molar-refractivity contribution in [1.29, 1.82) is 0 Å². The average Bonchev–Trinajstić information content (AvgIpc) is 2.38. The molecule has 1 saturated carbocycles. The molecule has 104 valence electrons. The quantitative estimate of drug-likeness (QED) is 0.578. The van der Waals surface area contributed by atoms with E-state index in [1.165, 1.54) is 45.1 Å². The number of nitrogens with zero attached hydrogens (tertiary/aromatic N) is 1.